The van der Waals surface area contributed by atoms with E-state index in [9.17, 15) is 9.18 Å². The van der Waals surface area contributed by atoms with Crippen molar-refractivity contribution in [1.29, 1.82) is 0 Å². The number of piperazine rings is 1. The van der Waals surface area contributed by atoms with Gasteiger partial charge in [-0.1, -0.05) is 35.9 Å². The highest BCUT2D eigenvalue weighted by atomic mass is 35.5. The van der Waals surface area contributed by atoms with Crippen molar-refractivity contribution in [3.8, 4) is 5.75 Å². The van der Waals surface area contributed by atoms with Crippen molar-refractivity contribution in [3.05, 3.63) is 59.4 Å². The van der Waals surface area contributed by atoms with E-state index in [0.717, 1.165) is 0 Å². The number of hydrogen-bond donors (Lipinski definition) is 0. The second-order valence-corrected chi connectivity index (χ2v) is 6.36. The Morgan fingerprint density at radius 3 is 2.40 bits per heavy atom. The lowest BCUT2D eigenvalue weighted by atomic mass is 10.2. The van der Waals surface area contributed by atoms with E-state index in [1.165, 1.54) is 6.07 Å². The molecule has 2 aromatic carbocycles. The van der Waals surface area contributed by atoms with E-state index in [1.54, 1.807) is 36.1 Å². The lowest BCUT2D eigenvalue weighted by molar-refractivity contribution is -0.138. The normalized spacial score (nSPS) is 15.8. The van der Waals surface area contributed by atoms with Gasteiger partial charge in [-0.2, -0.15) is 0 Å². The van der Waals surface area contributed by atoms with Crippen LogP contribution in [0.1, 0.15) is 6.92 Å². The van der Waals surface area contributed by atoms with Gasteiger partial charge < -0.3 is 14.5 Å². The molecular weight excluding hydrogens is 343 g/mol. The van der Waals surface area contributed by atoms with Crippen molar-refractivity contribution in [3.63, 3.8) is 0 Å². The fourth-order valence-electron chi connectivity index (χ4n) is 2.91. The third-order valence-electron chi connectivity index (χ3n) is 4.27. The number of halogens is 2. The molecule has 0 spiro atoms. The van der Waals surface area contributed by atoms with Crippen LogP contribution in [0.25, 0.3) is 0 Å². The lowest BCUT2D eigenvalue weighted by Crippen LogP contribution is -2.52. The van der Waals surface area contributed by atoms with E-state index in [0.29, 0.717) is 42.6 Å². The van der Waals surface area contributed by atoms with E-state index in [2.05, 4.69) is 0 Å². The molecule has 1 saturated heterocycles. The van der Waals surface area contributed by atoms with Crippen molar-refractivity contribution >= 4 is 23.2 Å². The van der Waals surface area contributed by atoms with Gasteiger partial charge in [-0.05, 0) is 31.2 Å². The van der Waals surface area contributed by atoms with Crippen molar-refractivity contribution in [1.82, 2.24) is 4.90 Å². The Morgan fingerprint density at radius 1 is 1.08 bits per heavy atom. The van der Waals surface area contributed by atoms with Gasteiger partial charge in [-0.25, -0.2) is 4.39 Å². The SMILES string of the molecule is C[C@H](Oc1ccccc1Cl)C(=O)N1CCN(c2ccccc2F)CC1. The summed E-state index contributed by atoms with van der Waals surface area (Å²) in [5.41, 5.74) is 0.579. The topological polar surface area (TPSA) is 32.8 Å². The lowest BCUT2D eigenvalue weighted by Gasteiger charge is -2.37. The molecule has 1 amide bonds. The minimum Gasteiger partial charge on any atom is -0.479 e. The molecule has 0 aromatic heterocycles. The molecule has 1 fully saturated rings. The summed E-state index contributed by atoms with van der Waals surface area (Å²) >= 11 is 6.07. The van der Waals surface area contributed by atoms with Crippen molar-refractivity contribution in [2.24, 2.45) is 0 Å². The first-order valence-electron chi connectivity index (χ1n) is 8.25. The first-order chi connectivity index (χ1) is 12.1. The molecule has 1 aliphatic heterocycles. The van der Waals surface area contributed by atoms with E-state index in [4.69, 9.17) is 16.3 Å². The largest absolute Gasteiger partial charge is 0.479 e. The summed E-state index contributed by atoms with van der Waals surface area (Å²) in [5, 5.41) is 0.478. The Bertz CT molecular complexity index is 748. The number of anilines is 1. The van der Waals surface area contributed by atoms with E-state index in [-0.39, 0.29) is 11.7 Å². The summed E-state index contributed by atoms with van der Waals surface area (Å²) in [5.74, 6) is 0.167. The van der Waals surface area contributed by atoms with Gasteiger partial charge in [-0.3, -0.25) is 4.79 Å². The maximum Gasteiger partial charge on any atom is 0.263 e. The van der Waals surface area contributed by atoms with Crippen LogP contribution in [-0.4, -0.2) is 43.1 Å². The van der Waals surface area contributed by atoms with E-state index >= 15 is 0 Å². The van der Waals surface area contributed by atoms with E-state index < -0.39 is 6.10 Å². The molecule has 2 aromatic rings. The molecule has 1 atom stereocenters. The Balaban J connectivity index is 1.58. The third-order valence-corrected chi connectivity index (χ3v) is 4.58. The molecule has 0 bridgehead atoms. The van der Waals surface area contributed by atoms with Crippen LogP contribution in [0.4, 0.5) is 10.1 Å². The van der Waals surface area contributed by atoms with Crippen LogP contribution in [0.5, 0.6) is 5.75 Å². The molecule has 1 heterocycles. The van der Waals surface area contributed by atoms with E-state index in [1.807, 2.05) is 23.1 Å². The fraction of sp³-hybridized carbons (Fsp3) is 0.316. The van der Waals surface area contributed by atoms with Crippen LogP contribution in [0, 0.1) is 5.82 Å². The summed E-state index contributed by atoms with van der Waals surface area (Å²) in [6, 6.07) is 13.8. The van der Waals surface area contributed by atoms with Crippen LogP contribution < -0.4 is 9.64 Å². The van der Waals surface area contributed by atoms with Crippen LogP contribution in [0.15, 0.2) is 48.5 Å². The smallest absolute Gasteiger partial charge is 0.263 e. The molecule has 4 nitrogen and oxygen atoms in total. The van der Waals surface area contributed by atoms with Crippen molar-refractivity contribution in [2.75, 3.05) is 31.1 Å². The third kappa shape index (κ3) is 4.04. The number of amides is 1. The number of carbonyl (C=O) groups is 1. The van der Waals surface area contributed by atoms with Crippen LogP contribution in [0.3, 0.4) is 0 Å². The molecule has 25 heavy (non-hydrogen) atoms. The molecule has 132 valence electrons. The highest BCUT2D eigenvalue weighted by Crippen LogP contribution is 2.25. The van der Waals surface area contributed by atoms with Gasteiger partial charge in [0.15, 0.2) is 6.10 Å². The average molecular weight is 363 g/mol. The van der Waals surface area contributed by atoms with Gasteiger partial charge in [0.05, 0.1) is 10.7 Å². The summed E-state index contributed by atoms with van der Waals surface area (Å²) in [6.07, 6.45) is -0.625. The first kappa shape index (κ1) is 17.5. The Labute approximate surface area is 151 Å². The molecule has 0 unspecified atom stereocenters. The second-order valence-electron chi connectivity index (χ2n) is 5.95. The number of rotatable bonds is 4. The van der Waals surface area contributed by atoms with Crippen LogP contribution in [0.2, 0.25) is 5.02 Å². The van der Waals surface area contributed by atoms with Crippen LogP contribution >= 0.6 is 11.6 Å². The molecule has 6 heteroatoms. The van der Waals surface area contributed by atoms with Crippen molar-refractivity contribution in [2.45, 2.75) is 13.0 Å². The summed E-state index contributed by atoms with van der Waals surface area (Å²) < 4.78 is 19.6. The summed E-state index contributed by atoms with van der Waals surface area (Å²) in [4.78, 5) is 16.3. The van der Waals surface area contributed by atoms with Gasteiger partial charge in [0.1, 0.15) is 11.6 Å². The maximum atomic E-state index is 13.9. The number of para-hydroxylation sites is 2. The number of ether oxygens (including phenoxy) is 1. The number of hydrogen-bond acceptors (Lipinski definition) is 3. The molecular formula is C19H20ClFN2O2. The van der Waals surface area contributed by atoms with Gasteiger partial charge in [0.25, 0.3) is 5.91 Å². The average Bonchev–Trinajstić information content (AvgIpc) is 2.63. The zero-order chi connectivity index (χ0) is 17.8. The first-order valence-corrected chi connectivity index (χ1v) is 8.63. The zero-order valence-electron chi connectivity index (χ0n) is 14.0. The van der Waals surface area contributed by atoms with Gasteiger partial charge >= 0.3 is 0 Å². The second kappa shape index (κ2) is 7.74. The van der Waals surface area contributed by atoms with Gasteiger partial charge in [0.2, 0.25) is 0 Å². The number of nitrogens with zero attached hydrogens (tertiary/aromatic N) is 2. The predicted octanol–water partition coefficient (Wildman–Crippen LogP) is 3.60. The number of carbonyl (C=O) groups excluding carboxylic acids is 1. The zero-order valence-corrected chi connectivity index (χ0v) is 14.7. The Hall–Kier alpha value is -2.27. The molecule has 1 aliphatic rings. The van der Waals surface area contributed by atoms with Gasteiger partial charge in [-0.15, -0.1) is 0 Å². The summed E-state index contributed by atoms with van der Waals surface area (Å²) in [6.45, 7) is 3.96. The minimum atomic E-state index is -0.625. The molecule has 0 saturated carbocycles. The van der Waals surface area contributed by atoms with Gasteiger partial charge in [0, 0.05) is 26.2 Å². The maximum absolute atomic E-state index is 13.9. The van der Waals surface area contributed by atoms with Crippen molar-refractivity contribution < 1.29 is 13.9 Å². The highest BCUT2D eigenvalue weighted by molar-refractivity contribution is 6.32. The number of benzene rings is 2. The minimum absolute atomic E-state index is 0.0897. The molecule has 0 N–H and O–H groups in total. The fourth-order valence-corrected chi connectivity index (χ4v) is 3.09. The van der Waals surface area contributed by atoms with Crippen LogP contribution in [-0.2, 0) is 4.79 Å². The predicted molar refractivity (Wildman–Crippen MR) is 96.7 cm³/mol. The quantitative estimate of drug-likeness (QED) is 0.833. The summed E-state index contributed by atoms with van der Waals surface area (Å²) in [7, 11) is 0. The molecule has 3 rings (SSSR count). The monoisotopic (exact) mass is 362 g/mol. The Morgan fingerprint density at radius 2 is 1.72 bits per heavy atom. The Kier molecular flexibility index (Phi) is 5.43. The highest BCUT2D eigenvalue weighted by Gasteiger charge is 2.27. The standard InChI is InChI=1S/C19H20ClFN2O2/c1-14(25-18-9-5-2-6-15(18)20)19(24)23-12-10-22(11-13-23)17-8-4-3-7-16(17)21/h2-9,14H,10-13H2,1H3/t14-/m0/s1. The molecule has 0 radical (unpaired) electrons. The molecule has 0 aliphatic carbocycles.